The Morgan fingerprint density at radius 2 is 1.69 bits per heavy atom. The lowest BCUT2D eigenvalue weighted by molar-refractivity contribution is -0.116. The predicted octanol–water partition coefficient (Wildman–Crippen LogP) is 3.02. The van der Waals surface area contributed by atoms with Crippen molar-refractivity contribution >= 4 is 45.7 Å². The van der Waals surface area contributed by atoms with Gasteiger partial charge in [0, 0.05) is 23.1 Å². The summed E-state index contributed by atoms with van der Waals surface area (Å²) in [4.78, 5) is 51.0. The lowest BCUT2D eigenvalue weighted by Gasteiger charge is -2.29. The average Bonchev–Trinajstić information content (AvgIpc) is 2.88. The fourth-order valence-electron chi connectivity index (χ4n) is 4.04. The van der Waals surface area contributed by atoms with E-state index in [4.69, 9.17) is 0 Å². The summed E-state index contributed by atoms with van der Waals surface area (Å²) in [6.45, 7) is 0.238. The van der Waals surface area contributed by atoms with Gasteiger partial charge in [-0.15, -0.1) is 0 Å². The minimum atomic E-state index is -0.304. The van der Waals surface area contributed by atoms with E-state index < -0.39 is 0 Å². The van der Waals surface area contributed by atoms with Crippen LogP contribution in [0.5, 0.6) is 0 Å². The third kappa shape index (κ3) is 4.51. The second-order valence-corrected chi connectivity index (χ2v) is 8.08. The number of benzene rings is 3. The van der Waals surface area contributed by atoms with Gasteiger partial charge in [0.15, 0.2) is 0 Å². The third-order valence-corrected chi connectivity index (χ3v) is 5.74. The molecule has 4 aromatic rings. The van der Waals surface area contributed by atoms with Crippen LogP contribution in [0.15, 0.2) is 83.8 Å². The van der Waals surface area contributed by atoms with E-state index in [2.05, 4.69) is 15.7 Å². The molecule has 3 amide bonds. The number of hydrogen-bond donors (Lipinski definition) is 2. The fourth-order valence-corrected chi connectivity index (χ4v) is 4.04. The fraction of sp³-hybridized carbons (Fsp3) is 0.115. The van der Waals surface area contributed by atoms with E-state index in [0.29, 0.717) is 40.1 Å². The third-order valence-electron chi connectivity index (χ3n) is 5.74. The van der Waals surface area contributed by atoms with Crippen LogP contribution in [0, 0.1) is 0 Å². The average molecular weight is 467 g/mol. The van der Waals surface area contributed by atoms with Gasteiger partial charge in [-0.25, -0.2) is 0 Å². The summed E-state index contributed by atoms with van der Waals surface area (Å²) in [6, 6.07) is 20.8. The van der Waals surface area contributed by atoms with Crippen molar-refractivity contribution in [2.75, 3.05) is 22.1 Å². The van der Waals surface area contributed by atoms with Crippen LogP contribution in [-0.2, 0) is 16.1 Å². The Labute approximate surface area is 200 Å². The number of rotatable bonds is 5. The van der Waals surface area contributed by atoms with Crippen molar-refractivity contribution in [1.29, 1.82) is 0 Å². The van der Waals surface area contributed by atoms with E-state index in [1.54, 1.807) is 71.4 Å². The van der Waals surface area contributed by atoms with Gasteiger partial charge in [-0.1, -0.05) is 24.3 Å². The van der Waals surface area contributed by atoms with Gasteiger partial charge >= 0.3 is 0 Å². The zero-order valence-corrected chi connectivity index (χ0v) is 18.6. The second-order valence-electron chi connectivity index (χ2n) is 8.08. The first-order chi connectivity index (χ1) is 17.0. The minimum Gasteiger partial charge on any atom is -0.326 e. The highest BCUT2D eigenvalue weighted by Crippen LogP contribution is 2.30. The number of anilines is 3. The predicted molar refractivity (Wildman–Crippen MR) is 132 cm³/mol. The first kappa shape index (κ1) is 22.0. The number of amides is 3. The molecule has 9 heteroatoms. The summed E-state index contributed by atoms with van der Waals surface area (Å²) in [5.74, 6) is -0.789. The molecule has 2 N–H and O–H groups in total. The van der Waals surface area contributed by atoms with Crippen LogP contribution in [0.3, 0.4) is 0 Å². The Balaban J connectivity index is 1.24. The van der Waals surface area contributed by atoms with Crippen molar-refractivity contribution in [3.63, 3.8) is 0 Å². The van der Waals surface area contributed by atoms with Crippen LogP contribution in [0.2, 0.25) is 0 Å². The zero-order chi connectivity index (χ0) is 24.4. The molecule has 0 saturated carbocycles. The van der Waals surface area contributed by atoms with Crippen LogP contribution >= 0.6 is 0 Å². The molecule has 5 rings (SSSR count). The lowest BCUT2D eigenvalue weighted by atomic mass is 10.1. The molecule has 0 aliphatic carbocycles. The number of nitrogens with zero attached hydrogens (tertiary/aromatic N) is 3. The van der Waals surface area contributed by atoms with Gasteiger partial charge in [0.05, 0.1) is 29.6 Å². The molecule has 1 aromatic heterocycles. The van der Waals surface area contributed by atoms with Gasteiger partial charge in [-0.2, -0.15) is 5.10 Å². The van der Waals surface area contributed by atoms with Gasteiger partial charge < -0.3 is 10.6 Å². The number of nitrogens with one attached hydrogen (secondary N) is 2. The van der Waals surface area contributed by atoms with Gasteiger partial charge in [0.25, 0.3) is 5.91 Å². The van der Waals surface area contributed by atoms with Crippen LogP contribution in [0.25, 0.3) is 10.9 Å². The largest absolute Gasteiger partial charge is 0.326 e. The molecule has 9 nitrogen and oxygen atoms in total. The van der Waals surface area contributed by atoms with Crippen molar-refractivity contribution in [1.82, 2.24) is 9.78 Å². The van der Waals surface area contributed by atoms with Crippen LogP contribution in [0.4, 0.5) is 17.1 Å². The highest BCUT2D eigenvalue weighted by molar-refractivity contribution is 6.15. The number of carbonyl (C=O) groups is 3. The monoisotopic (exact) mass is 467 g/mol. The number of aryl methyl sites for hydroxylation is 1. The first-order valence-electron chi connectivity index (χ1n) is 11.0. The Kier molecular flexibility index (Phi) is 5.80. The maximum atomic E-state index is 13.1. The molecule has 0 spiro atoms. The molecular weight excluding hydrogens is 446 g/mol. The van der Waals surface area contributed by atoms with Crippen molar-refractivity contribution in [3.05, 3.63) is 94.8 Å². The molecule has 35 heavy (non-hydrogen) atoms. The second kappa shape index (κ2) is 9.22. The van der Waals surface area contributed by atoms with Crippen LogP contribution in [0.1, 0.15) is 16.8 Å². The summed E-state index contributed by atoms with van der Waals surface area (Å²) in [7, 11) is 0. The van der Waals surface area contributed by atoms with Gasteiger partial charge in [-0.3, -0.25) is 28.8 Å². The van der Waals surface area contributed by atoms with E-state index in [-0.39, 0.29) is 36.1 Å². The van der Waals surface area contributed by atoms with E-state index in [1.807, 2.05) is 6.07 Å². The molecule has 0 atom stereocenters. The van der Waals surface area contributed by atoms with Crippen molar-refractivity contribution < 1.29 is 14.4 Å². The molecule has 0 saturated heterocycles. The summed E-state index contributed by atoms with van der Waals surface area (Å²) >= 11 is 0. The van der Waals surface area contributed by atoms with E-state index in [9.17, 15) is 19.2 Å². The highest BCUT2D eigenvalue weighted by Gasteiger charge is 2.27. The Hall–Kier alpha value is -4.79. The Morgan fingerprint density at radius 3 is 2.51 bits per heavy atom. The van der Waals surface area contributed by atoms with Gasteiger partial charge in [-0.05, 0) is 48.5 Å². The van der Waals surface area contributed by atoms with E-state index in [1.165, 1.54) is 11.1 Å². The number of fused-ring (bicyclic) bond motifs is 2. The molecule has 3 aromatic carbocycles. The molecule has 0 fully saturated rings. The van der Waals surface area contributed by atoms with Crippen LogP contribution < -0.4 is 21.0 Å². The number of aromatic nitrogens is 2. The van der Waals surface area contributed by atoms with Crippen molar-refractivity contribution in [2.45, 2.75) is 13.0 Å². The molecule has 1 aliphatic heterocycles. The Bertz CT molecular complexity index is 1510. The number of para-hydroxylation sites is 3. The van der Waals surface area contributed by atoms with E-state index in [0.717, 1.165) is 0 Å². The SMILES string of the molecule is O=C(CCn1ncc(=O)c2ccccc21)Nc1ccc(C(=O)N2CC(=O)Nc3ccccc32)cc1. The summed E-state index contributed by atoms with van der Waals surface area (Å²) in [6.07, 6.45) is 1.40. The molecule has 1 aliphatic rings. The lowest BCUT2D eigenvalue weighted by Crippen LogP contribution is -2.42. The van der Waals surface area contributed by atoms with E-state index >= 15 is 0 Å². The van der Waals surface area contributed by atoms with Crippen molar-refractivity contribution in [3.8, 4) is 0 Å². The van der Waals surface area contributed by atoms with Gasteiger partial charge in [0.2, 0.25) is 17.2 Å². The van der Waals surface area contributed by atoms with Crippen LogP contribution in [-0.4, -0.2) is 34.0 Å². The van der Waals surface area contributed by atoms with Gasteiger partial charge in [0.1, 0.15) is 6.54 Å². The highest BCUT2D eigenvalue weighted by atomic mass is 16.2. The normalized spacial score (nSPS) is 12.7. The molecule has 0 unspecified atom stereocenters. The molecule has 2 heterocycles. The number of hydrogen-bond acceptors (Lipinski definition) is 5. The maximum Gasteiger partial charge on any atom is 0.258 e. The summed E-state index contributed by atoms with van der Waals surface area (Å²) in [5, 5.41) is 10.3. The standard InChI is InChI=1S/C26H21N5O4/c32-23-15-27-31(21-7-3-1-5-19(21)23)14-13-24(33)28-18-11-9-17(10-12-18)26(35)30-16-25(34)29-20-6-2-4-8-22(20)30/h1-12,15H,13-14,16H2,(H,28,33)(H,29,34). The Morgan fingerprint density at radius 1 is 0.943 bits per heavy atom. The quantitative estimate of drug-likeness (QED) is 0.468. The zero-order valence-electron chi connectivity index (χ0n) is 18.6. The molecule has 174 valence electrons. The summed E-state index contributed by atoms with van der Waals surface area (Å²) < 4.78 is 1.63. The minimum absolute atomic E-state index is 0.0674. The maximum absolute atomic E-state index is 13.1. The molecular formula is C26H21N5O4. The van der Waals surface area contributed by atoms with Crippen molar-refractivity contribution in [2.24, 2.45) is 0 Å². The molecule has 0 bridgehead atoms. The topological polar surface area (TPSA) is 113 Å². The first-order valence-corrected chi connectivity index (χ1v) is 11.0. The number of carbonyl (C=O) groups excluding carboxylic acids is 3. The smallest absolute Gasteiger partial charge is 0.258 e. The summed E-state index contributed by atoms with van der Waals surface area (Å²) in [5.41, 5.74) is 2.68. The molecule has 0 radical (unpaired) electrons.